The second-order valence-electron chi connectivity index (χ2n) is 10.2. The van der Waals surface area contributed by atoms with Crippen molar-refractivity contribution in [1.82, 2.24) is 0 Å². The van der Waals surface area contributed by atoms with Crippen LogP contribution in [0.2, 0.25) is 0 Å². The molecule has 0 rings (SSSR count). The molecule has 0 spiro atoms. The standard InChI is InChI=1S/C28H60N.ClH/c1-5-8-11-14-17-20-23-26-29(4,27-24-21-18-15-12-9-6-2)28-25-22-19-16-13-10-7-3;/h5-28H2,1-4H3;1H/q+1;/p-1. The van der Waals surface area contributed by atoms with Crippen LogP contribution in [0.3, 0.4) is 0 Å². The predicted molar refractivity (Wildman–Crippen MR) is 135 cm³/mol. The van der Waals surface area contributed by atoms with E-state index in [0.717, 1.165) is 0 Å². The van der Waals surface area contributed by atoms with Crippen LogP contribution < -0.4 is 12.4 Å². The monoisotopic (exact) mass is 445 g/mol. The van der Waals surface area contributed by atoms with Gasteiger partial charge in [0.25, 0.3) is 0 Å². The Hall–Kier alpha value is 0.250. The highest BCUT2D eigenvalue weighted by atomic mass is 35.5. The molecule has 0 amide bonds. The molecule has 0 aromatic heterocycles. The molecule has 0 aliphatic rings. The Morgan fingerprint density at radius 3 is 0.767 bits per heavy atom. The Morgan fingerprint density at radius 1 is 0.333 bits per heavy atom. The van der Waals surface area contributed by atoms with Gasteiger partial charge >= 0.3 is 0 Å². The lowest BCUT2D eigenvalue weighted by Gasteiger charge is -2.35. The van der Waals surface area contributed by atoms with Crippen LogP contribution >= 0.6 is 0 Å². The highest BCUT2D eigenvalue weighted by molar-refractivity contribution is 4.51. The van der Waals surface area contributed by atoms with E-state index in [9.17, 15) is 0 Å². The van der Waals surface area contributed by atoms with Crippen molar-refractivity contribution in [3.8, 4) is 0 Å². The lowest BCUT2D eigenvalue weighted by Crippen LogP contribution is -3.00. The lowest BCUT2D eigenvalue weighted by molar-refractivity contribution is -0.910. The Balaban J connectivity index is 0. The minimum atomic E-state index is 0. The third-order valence-corrected chi connectivity index (χ3v) is 6.90. The van der Waals surface area contributed by atoms with E-state index >= 15 is 0 Å². The fraction of sp³-hybridized carbons (Fsp3) is 1.00. The molecule has 0 aliphatic heterocycles. The van der Waals surface area contributed by atoms with Crippen molar-refractivity contribution in [3.05, 3.63) is 0 Å². The van der Waals surface area contributed by atoms with Crippen molar-refractivity contribution in [2.75, 3.05) is 26.7 Å². The molecule has 30 heavy (non-hydrogen) atoms. The van der Waals surface area contributed by atoms with Crippen LogP contribution in [0, 0.1) is 0 Å². The van der Waals surface area contributed by atoms with Crippen molar-refractivity contribution < 1.29 is 16.9 Å². The first-order chi connectivity index (χ1) is 14.2. The summed E-state index contributed by atoms with van der Waals surface area (Å²) in [5.41, 5.74) is 0. The molecule has 0 heterocycles. The molecular weight excluding hydrogens is 386 g/mol. The van der Waals surface area contributed by atoms with Gasteiger partial charge in [-0.3, -0.25) is 0 Å². The third-order valence-electron chi connectivity index (χ3n) is 6.90. The molecule has 0 aliphatic carbocycles. The Bertz CT molecular complexity index is 259. The summed E-state index contributed by atoms with van der Waals surface area (Å²) in [6.07, 6.45) is 30.3. The average Bonchev–Trinajstić information content (AvgIpc) is 2.72. The quantitative estimate of drug-likeness (QED) is 0.115. The van der Waals surface area contributed by atoms with Crippen LogP contribution in [0.25, 0.3) is 0 Å². The highest BCUT2D eigenvalue weighted by Crippen LogP contribution is 2.16. The fourth-order valence-corrected chi connectivity index (χ4v) is 4.69. The summed E-state index contributed by atoms with van der Waals surface area (Å²) in [6, 6.07) is 0. The van der Waals surface area contributed by atoms with Gasteiger partial charge in [-0.25, -0.2) is 0 Å². The highest BCUT2D eigenvalue weighted by Gasteiger charge is 2.20. The molecule has 0 radical (unpaired) electrons. The molecule has 1 nitrogen and oxygen atoms in total. The zero-order valence-electron chi connectivity index (χ0n) is 21.8. The van der Waals surface area contributed by atoms with Crippen molar-refractivity contribution in [1.29, 1.82) is 0 Å². The molecule has 0 fully saturated rings. The Labute approximate surface area is 199 Å². The van der Waals surface area contributed by atoms with E-state index < -0.39 is 0 Å². The maximum Gasteiger partial charge on any atom is 0.0784 e. The van der Waals surface area contributed by atoms with Gasteiger partial charge in [-0.2, -0.15) is 0 Å². The molecule has 0 aromatic carbocycles. The number of rotatable bonds is 24. The second-order valence-corrected chi connectivity index (χ2v) is 10.2. The second kappa shape index (κ2) is 25.5. The van der Waals surface area contributed by atoms with E-state index in [1.807, 2.05) is 0 Å². The van der Waals surface area contributed by atoms with Crippen LogP contribution in [0.15, 0.2) is 0 Å². The molecule has 0 unspecified atom stereocenters. The van der Waals surface area contributed by atoms with Crippen LogP contribution in [-0.4, -0.2) is 31.2 Å². The summed E-state index contributed by atoms with van der Waals surface area (Å²) >= 11 is 0. The van der Waals surface area contributed by atoms with Crippen molar-refractivity contribution in [2.45, 2.75) is 156 Å². The number of halogens is 1. The summed E-state index contributed by atoms with van der Waals surface area (Å²) in [6.45, 7) is 11.2. The summed E-state index contributed by atoms with van der Waals surface area (Å²) in [5.74, 6) is 0. The van der Waals surface area contributed by atoms with E-state index in [1.54, 1.807) is 0 Å². The number of hydrogen-bond acceptors (Lipinski definition) is 0. The number of hydrogen-bond donors (Lipinski definition) is 0. The van der Waals surface area contributed by atoms with Crippen LogP contribution in [0.1, 0.15) is 156 Å². The molecule has 0 saturated carbocycles. The SMILES string of the molecule is CCCCCCCCC[N+](C)(CCCCCCCCC)CCCCCCCCC.[Cl-]. The van der Waals surface area contributed by atoms with Crippen molar-refractivity contribution in [2.24, 2.45) is 0 Å². The maximum atomic E-state index is 2.57. The molecule has 0 saturated heterocycles. The van der Waals surface area contributed by atoms with Crippen LogP contribution in [0.5, 0.6) is 0 Å². The van der Waals surface area contributed by atoms with E-state index in [1.165, 1.54) is 159 Å². The minimum Gasteiger partial charge on any atom is -1.00 e. The zero-order valence-corrected chi connectivity index (χ0v) is 22.6. The first-order valence-electron chi connectivity index (χ1n) is 14.0. The van der Waals surface area contributed by atoms with Gasteiger partial charge in [-0.05, 0) is 38.5 Å². The maximum absolute atomic E-state index is 2.57. The average molecular weight is 446 g/mol. The van der Waals surface area contributed by atoms with E-state index in [0.29, 0.717) is 0 Å². The van der Waals surface area contributed by atoms with Gasteiger partial charge in [0.05, 0.1) is 26.7 Å². The molecule has 0 N–H and O–H groups in total. The third kappa shape index (κ3) is 22.9. The number of unbranched alkanes of at least 4 members (excludes halogenated alkanes) is 18. The fourth-order valence-electron chi connectivity index (χ4n) is 4.69. The summed E-state index contributed by atoms with van der Waals surface area (Å²) in [4.78, 5) is 0. The molecule has 2 heteroatoms. The minimum absolute atomic E-state index is 0. The smallest absolute Gasteiger partial charge is 0.0784 e. The summed E-state index contributed by atoms with van der Waals surface area (Å²) in [7, 11) is 2.57. The lowest BCUT2D eigenvalue weighted by atomic mass is 10.1. The largest absolute Gasteiger partial charge is 1.00 e. The first-order valence-corrected chi connectivity index (χ1v) is 14.0. The van der Waals surface area contributed by atoms with Gasteiger partial charge in [0.15, 0.2) is 0 Å². The van der Waals surface area contributed by atoms with Gasteiger partial charge in [0, 0.05) is 0 Å². The number of nitrogens with zero attached hydrogens (tertiary/aromatic N) is 1. The van der Waals surface area contributed by atoms with E-state index in [4.69, 9.17) is 0 Å². The summed E-state index contributed by atoms with van der Waals surface area (Å²) < 4.78 is 1.36. The van der Waals surface area contributed by atoms with Gasteiger partial charge in [0.2, 0.25) is 0 Å². The first kappa shape index (κ1) is 32.4. The Morgan fingerprint density at radius 2 is 0.533 bits per heavy atom. The molecule has 0 bridgehead atoms. The molecule has 0 aromatic rings. The van der Waals surface area contributed by atoms with Crippen molar-refractivity contribution in [3.63, 3.8) is 0 Å². The zero-order chi connectivity index (χ0) is 21.5. The predicted octanol–water partition coefficient (Wildman–Crippen LogP) is 6.69. The van der Waals surface area contributed by atoms with Crippen LogP contribution in [-0.2, 0) is 0 Å². The van der Waals surface area contributed by atoms with Gasteiger partial charge < -0.3 is 16.9 Å². The number of quaternary nitrogens is 1. The molecule has 184 valence electrons. The topological polar surface area (TPSA) is 0 Å². The van der Waals surface area contributed by atoms with Crippen molar-refractivity contribution >= 4 is 0 Å². The normalized spacial score (nSPS) is 11.6. The molecular formula is C28H60ClN. The van der Waals surface area contributed by atoms with E-state index in [2.05, 4.69) is 27.8 Å². The molecule has 0 atom stereocenters. The van der Waals surface area contributed by atoms with E-state index in [-0.39, 0.29) is 12.4 Å². The van der Waals surface area contributed by atoms with Gasteiger partial charge in [0.1, 0.15) is 0 Å². The van der Waals surface area contributed by atoms with Crippen LogP contribution in [0.4, 0.5) is 0 Å². The Kier molecular flexibility index (Phi) is 27.6. The summed E-state index contributed by atoms with van der Waals surface area (Å²) in [5, 5.41) is 0. The van der Waals surface area contributed by atoms with Gasteiger partial charge in [-0.1, -0.05) is 117 Å². The van der Waals surface area contributed by atoms with Gasteiger partial charge in [-0.15, -0.1) is 0 Å².